The van der Waals surface area contributed by atoms with Crippen LogP contribution in [0.5, 0.6) is 0 Å². The zero-order chi connectivity index (χ0) is 13.7. The van der Waals surface area contributed by atoms with E-state index in [-0.39, 0.29) is 18.6 Å². The molecule has 0 saturated carbocycles. The summed E-state index contributed by atoms with van der Waals surface area (Å²) in [5, 5.41) is 12.8. The molecule has 0 aromatic carbocycles. The highest BCUT2D eigenvalue weighted by atomic mass is 32.1. The van der Waals surface area contributed by atoms with Gasteiger partial charge in [-0.2, -0.15) is 11.3 Å². The van der Waals surface area contributed by atoms with E-state index in [1.54, 1.807) is 11.3 Å². The third kappa shape index (κ3) is 4.60. The van der Waals surface area contributed by atoms with Gasteiger partial charge in [0.05, 0.1) is 12.2 Å². The molecule has 2 unspecified atom stereocenters. The fraction of sp³-hybridized carbons (Fsp3) is 0.643. The molecule has 1 aromatic rings. The number of rotatable bonds is 6. The maximum Gasteiger partial charge on any atom is 0.303 e. The summed E-state index contributed by atoms with van der Waals surface area (Å²) in [6.07, 6.45) is 2.36. The maximum atomic E-state index is 10.5. The first-order valence-electron chi connectivity index (χ1n) is 6.77. The van der Waals surface area contributed by atoms with Crippen LogP contribution in [0.4, 0.5) is 0 Å². The van der Waals surface area contributed by atoms with E-state index in [1.165, 1.54) is 5.56 Å². The second kappa shape index (κ2) is 7.03. The van der Waals surface area contributed by atoms with Gasteiger partial charge in [-0.3, -0.25) is 9.69 Å². The van der Waals surface area contributed by atoms with E-state index in [1.807, 2.05) is 0 Å². The molecule has 0 amide bonds. The maximum absolute atomic E-state index is 10.5. The van der Waals surface area contributed by atoms with Crippen molar-refractivity contribution in [1.29, 1.82) is 0 Å². The molecule has 19 heavy (non-hydrogen) atoms. The Balaban J connectivity index is 1.79. The first-order chi connectivity index (χ1) is 9.15. The molecule has 1 aromatic heterocycles. The van der Waals surface area contributed by atoms with Crippen LogP contribution in [0.3, 0.4) is 0 Å². The van der Waals surface area contributed by atoms with Crippen molar-refractivity contribution in [1.82, 2.24) is 4.90 Å². The molecule has 1 aliphatic rings. The zero-order valence-electron chi connectivity index (χ0n) is 11.2. The Labute approximate surface area is 118 Å². The van der Waals surface area contributed by atoms with Crippen LogP contribution in [0.25, 0.3) is 0 Å². The van der Waals surface area contributed by atoms with Gasteiger partial charge in [-0.05, 0) is 48.7 Å². The van der Waals surface area contributed by atoms with Crippen LogP contribution in [0.2, 0.25) is 0 Å². The number of nitrogens with zero attached hydrogens (tertiary/aromatic N) is 1. The van der Waals surface area contributed by atoms with Gasteiger partial charge in [0.1, 0.15) is 0 Å². The van der Waals surface area contributed by atoms with Gasteiger partial charge in [0.2, 0.25) is 0 Å². The van der Waals surface area contributed by atoms with Crippen LogP contribution < -0.4 is 0 Å². The Morgan fingerprint density at radius 3 is 3.05 bits per heavy atom. The highest BCUT2D eigenvalue weighted by Crippen LogP contribution is 2.26. The SMILES string of the molecule is CC1CN(CCCCC(=O)O)CC(c2ccsc2)O1. The first-order valence-corrected chi connectivity index (χ1v) is 7.71. The lowest BCUT2D eigenvalue weighted by atomic mass is 10.1. The number of hydrogen-bond donors (Lipinski definition) is 1. The summed E-state index contributed by atoms with van der Waals surface area (Å²) in [6, 6.07) is 2.12. The minimum absolute atomic E-state index is 0.162. The lowest BCUT2D eigenvalue weighted by molar-refractivity contribution is -0.137. The molecule has 1 N–H and O–H groups in total. The number of ether oxygens (including phenoxy) is 1. The number of aliphatic carboxylic acids is 1. The smallest absolute Gasteiger partial charge is 0.303 e. The molecule has 0 radical (unpaired) electrons. The molecule has 1 saturated heterocycles. The second-order valence-corrected chi connectivity index (χ2v) is 5.88. The molecule has 1 aliphatic heterocycles. The number of carboxylic acids is 1. The molecular formula is C14H21NO3S. The average molecular weight is 283 g/mol. The van der Waals surface area contributed by atoms with E-state index in [0.717, 1.165) is 32.5 Å². The quantitative estimate of drug-likeness (QED) is 0.816. The molecule has 1 fully saturated rings. The molecule has 2 rings (SSSR count). The normalized spacial score (nSPS) is 24.5. The summed E-state index contributed by atoms with van der Waals surface area (Å²) in [5.74, 6) is -0.702. The van der Waals surface area contributed by atoms with Crippen molar-refractivity contribution in [3.8, 4) is 0 Å². The van der Waals surface area contributed by atoms with E-state index in [0.29, 0.717) is 0 Å². The van der Waals surface area contributed by atoms with Gasteiger partial charge < -0.3 is 9.84 Å². The Morgan fingerprint density at radius 1 is 1.53 bits per heavy atom. The minimum Gasteiger partial charge on any atom is -0.481 e. The average Bonchev–Trinajstić information content (AvgIpc) is 2.87. The Kier molecular flexibility index (Phi) is 5.36. The van der Waals surface area contributed by atoms with Crippen molar-refractivity contribution in [3.63, 3.8) is 0 Å². The van der Waals surface area contributed by atoms with Crippen LogP contribution in [0.15, 0.2) is 16.8 Å². The van der Waals surface area contributed by atoms with Crippen LogP contribution >= 0.6 is 11.3 Å². The summed E-state index contributed by atoms with van der Waals surface area (Å²) in [4.78, 5) is 12.9. The summed E-state index contributed by atoms with van der Waals surface area (Å²) in [7, 11) is 0. The van der Waals surface area contributed by atoms with Crippen LogP contribution in [-0.2, 0) is 9.53 Å². The van der Waals surface area contributed by atoms with E-state index < -0.39 is 5.97 Å². The lowest BCUT2D eigenvalue weighted by Crippen LogP contribution is -2.43. The number of carboxylic acid groups (broad SMARTS) is 1. The van der Waals surface area contributed by atoms with Gasteiger partial charge in [0.25, 0.3) is 0 Å². The second-order valence-electron chi connectivity index (χ2n) is 5.10. The molecule has 2 heterocycles. The van der Waals surface area contributed by atoms with Crippen LogP contribution in [0.1, 0.15) is 37.9 Å². The fourth-order valence-electron chi connectivity index (χ4n) is 2.48. The lowest BCUT2D eigenvalue weighted by Gasteiger charge is -2.36. The molecule has 5 heteroatoms. The monoisotopic (exact) mass is 283 g/mol. The molecular weight excluding hydrogens is 262 g/mol. The highest BCUT2D eigenvalue weighted by molar-refractivity contribution is 7.07. The van der Waals surface area contributed by atoms with Gasteiger partial charge in [0.15, 0.2) is 0 Å². The standard InChI is InChI=1S/C14H21NO3S/c1-11-8-15(6-3-2-4-14(16)17)9-13(18-11)12-5-7-19-10-12/h5,7,10-11,13H,2-4,6,8-9H2,1H3,(H,16,17). The number of carbonyl (C=O) groups is 1. The predicted molar refractivity (Wildman–Crippen MR) is 75.5 cm³/mol. The van der Waals surface area contributed by atoms with Gasteiger partial charge in [-0.1, -0.05) is 0 Å². The molecule has 4 nitrogen and oxygen atoms in total. The summed E-state index contributed by atoms with van der Waals surface area (Å²) in [5.41, 5.74) is 1.26. The summed E-state index contributed by atoms with van der Waals surface area (Å²) >= 11 is 1.70. The molecule has 0 bridgehead atoms. The van der Waals surface area contributed by atoms with Gasteiger partial charge in [-0.25, -0.2) is 0 Å². The minimum atomic E-state index is -0.702. The van der Waals surface area contributed by atoms with E-state index in [2.05, 4.69) is 28.7 Å². The topological polar surface area (TPSA) is 49.8 Å². The van der Waals surface area contributed by atoms with Crippen molar-refractivity contribution < 1.29 is 14.6 Å². The van der Waals surface area contributed by atoms with Crippen molar-refractivity contribution in [3.05, 3.63) is 22.4 Å². The molecule has 106 valence electrons. The zero-order valence-corrected chi connectivity index (χ0v) is 12.1. The third-order valence-electron chi connectivity index (χ3n) is 3.37. The number of unbranched alkanes of at least 4 members (excludes halogenated alkanes) is 1. The van der Waals surface area contributed by atoms with Crippen LogP contribution in [0, 0.1) is 0 Å². The Bertz CT molecular complexity index is 393. The van der Waals surface area contributed by atoms with Crippen molar-refractivity contribution in [2.45, 2.75) is 38.4 Å². The number of thiophene rings is 1. The largest absolute Gasteiger partial charge is 0.481 e. The first kappa shape index (κ1) is 14.5. The highest BCUT2D eigenvalue weighted by Gasteiger charge is 2.26. The Hall–Kier alpha value is -0.910. The summed E-state index contributed by atoms with van der Waals surface area (Å²) in [6.45, 7) is 4.91. The molecule has 0 aliphatic carbocycles. The van der Waals surface area contributed by atoms with Crippen molar-refractivity contribution in [2.75, 3.05) is 19.6 Å². The predicted octanol–water partition coefficient (Wildman–Crippen LogP) is 2.76. The van der Waals surface area contributed by atoms with Gasteiger partial charge in [0, 0.05) is 19.5 Å². The van der Waals surface area contributed by atoms with E-state index >= 15 is 0 Å². The van der Waals surface area contributed by atoms with E-state index in [9.17, 15) is 4.79 Å². The van der Waals surface area contributed by atoms with Gasteiger partial charge in [-0.15, -0.1) is 0 Å². The van der Waals surface area contributed by atoms with Crippen molar-refractivity contribution >= 4 is 17.3 Å². The van der Waals surface area contributed by atoms with Gasteiger partial charge >= 0.3 is 5.97 Å². The van der Waals surface area contributed by atoms with Crippen LogP contribution in [-0.4, -0.2) is 41.7 Å². The Morgan fingerprint density at radius 2 is 2.37 bits per heavy atom. The molecule has 0 spiro atoms. The summed E-state index contributed by atoms with van der Waals surface area (Å²) < 4.78 is 5.98. The molecule has 2 atom stereocenters. The number of morpholine rings is 1. The fourth-order valence-corrected chi connectivity index (χ4v) is 3.18. The van der Waals surface area contributed by atoms with Crippen molar-refractivity contribution in [2.24, 2.45) is 0 Å². The van der Waals surface area contributed by atoms with E-state index in [4.69, 9.17) is 9.84 Å². The third-order valence-corrected chi connectivity index (χ3v) is 4.07. The number of hydrogen-bond acceptors (Lipinski definition) is 4.